The van der Waals surface area contributed by atoms with Crippen molar-refractivity contribution in [1.29, 1.82) is 0 Å². The Morgan fingerprint density at radius 1 is 1.30 bits per heavy atom. The summed E-state index contributed by atoms with van der Waals surface area (Å²) < 4.78 is 0. The summed E-state index contributed by atoms with van der Waals surface area (Å²) in [5, 5.41) is 3.40. The van der Waals surface area contributed by atoms with E-state index in [-0.39, 0.29) is 0 Å². The molecule has 0 aliphatic carbocycles. The third-order valence-electron chi connectivity index (χ3n) is 3.74. The van der Waals surface area contributed by atoms with Crippen LogP contribution in [0.15, 0.2) is 6.07 Å². The first-order valence-electron chi connectivity index (χ1n) is 7.09. The topological polar surface area (TPSA) is 82.3 Å². The number of rotatable bonds is 5. The fourth-order valence-corrected chi connectivity index (χ4v) is 2.36. The Kier molecular flexibility index (Phi) is 5.11. The number of aryl methyl sites for hydroxylation is 1. The molecular formula is C13H25N7. The highest BCUT2D eigenvalue weighted by molar-refractivity contribution is 5.47. The highest BCUT2D eigenvalue weighted by Gasteiger charge is 2.21. The molecular weight excluding hydrogens is 254 g/mol. The molecule has 2 rings (SSSR count). The molecule has 0 bridgehead atoms. The zero-order valence-corrected chi connectivity index (χ0v) is 12.6. The molecule has 20 heavy (non-hydrogen) atoms. The standard InChI is InChI=1S/C13H25N7/c1-4-11-16-12(7-13(17-11)18-14)15-8-10-9-19(2)5-6-20(10)3/h7,10H,4-6,8-9,14H2,1-3H3,(H2,15,16,17,18). The number of hydrogen-bond donors (Lipinski definition) is 3. The van der Waals surface area contributed by atoms with Crippen LogP contribution in [0.1, 0.15) is 12.7 Å². The van der Waals surface area contributed by atoms with Gasteiger partial charge in [-0.15, -0.1) is 0 Å². The van der Waals surface area contributed by atoms with Crippen molar-refractivity contribution in [3.05, 3.63) is 11.9 Å². The second kappa shape index (κ2) is 6.83. The third kappa shape index (κ3) is 3.78. The Hall–Kier alpha value is -1.44. The number of nitrogens with two attached hydrogens (primary N) is 1. The van der Waals surface area contributed by atoms with E-state index in [1.807, 2.05) is 13.0 Å². The van der Waals surface area contributed by atoms with Gasteiger partial charge in [0, 0.05) is 44.7 Å². The van der Waals surface area contributed by atoms with E-state index in [2.05, 4.69) is 44.6 Å². The second-order valence-electron chi connectivity index (χ2n) is 5.33. The van der Waals surface area contributed by atoms with Crippen molar-refractivity contribution in [3.63, 3.8) is 0 Å². The SMILES string of the molecule is CCc1nc(NN)cc(NCC2CN(C)CCN2C)n1. The van der Waals surface area contributed by atoms with Crippen LogP contribution in [0, 0.1) is 0 Å². The molecule has 1 aliphatic heterocycles. The van der Waals surface area contributed by atoms with E-state index in [1.54, 1.807) is 0 Å². The molecule has 1 aromatic heterocycles. The van der Waals surface area contributed by atoms with Crippen molar-refractivity contribution in [3.8, 4) is 0 Å². The molecule has 0 spiro atoms. The molecule has 1 saturated heterocycles. The lowest BCUT2D eigenvalue weighted by molar-refractivity contribution is 0.122. The highest BCUT2D eigenvalue weighted by atomic mass is 15.3. The number of piperazine rings is 1. The Morgan fingerprint density at radius 2 is 2.05 bits per heavy atom. The third-order valence-corrected chi connectivity index (χ3v) is 3.74. The molecule has 0 radical (unpaired) electrons. The maximum atomic E-state index is 5.44. The summed E-state index contributed by atoms with van der Waals surface area (Å²) in [7, 11) is 4.33. The summed E-state index contributed by atoms with van der Waals surface area (Å²) in [5.74, 6) is 7.70. The number of aromatic nitrogens is 2. The van der Waals surface area contributed by atoms with Crippen LogP contribution in [0.25, 0.3) is 0 Å². The quantitative estimate of drug-likeness (QED) is 0.516. The van der Waals surface area contributed by atoms with E-state index < -0.39 is 0 Å². The number of nitrogens with zero attached hydrogens (tertiary/aromatic N) is 4. The van der Waals surface area contributed by atoms with Crippen LogP contribution in [-0.2, 0) is 6.42 Å². The molecule has 1 unspecified atom stereocenters. The zero-order valence-electron chi connectivity index (χ0n) is 12.6. The minimum Gasteiger partial charge on any atom is -0.368 e. The van der Waals surface area contributed by atoms with Gasteiger partial charge in [0.1, 0.15) is 17.5 Å². The Morgan fingerprint density at radius 3 is 2.75 bits per heavy atom. The molecule has 7 heteroatoms. The van der Waals surface area contributed by atoms with Crippen molar-refractivity contribution in [1.82, 2.24) is 19.8 Å². The van der Waals surface area contributed by atoms with E-state index in [0.29, 0.717) is 11.9 Å². The predicted molar refractivity (Wildman–Crippen MR) is 81.6 cm³/mol. The van der Waals surface area contributed by atoms with Crippen molar-refractivity contribution in [2.75, 3.05) is 51.0 Å². The van der Waals surface area contributed by atoms with Gasteiger partial charge < -0.3 is 15.6 Å². The highest BCUT2D eigenvalue weighted by Crippen LogP contribution is 2.12. The molecule has 1 atom stereocenters. The minimum absolute atomic E-state index is 0.489. The van der Waals surface area contributed by atoms with Gasteiger partial charge in [-0.2, -0.15) is 0 Å². The summed E-state index contributed by atoms with van der Waals surface area (Å²) >= 11 is 0. The van der Waals surface area contributed by atoms with Gasteiger partial charge >= 0.3 is 0 Å². The van der Waals surface area contributed by atoms with E-state index in [0.717, 1.165) is 44.2 Å². The normalized spacial score (nSPS) is 20.9. The van der Waals surface area contributed by atoms with Gasteiger partial charge in [0.25, 0.3) is 0 Å². The van der Waals surface area contributed by atoms with Gasteiger partial charge in [0.2, 0.25) is 0 Å². The van der Waals surface area contributed by atoms with Crippen LogP contribution in [0.5, 0.6) is 0 Å². The molecule has 112 valence electrons. The minimum atomic E-state index is 0.489. The smallest absolute Gasteiger partial charge is 0.145 e. The van der Waals surface area contributed by atoms with Crippen LogP contribution in [-0.4, -0.2) is 66.1 Å². The monoisotopic (exact) mass is 279 g/mol. The van der Waals surface area contributed by atoms with Gasteiger partial charge in [-0.1, -0.05) is 6.92 Å². The van der Waals surface area contributed by atoms with Gasteiger partial charge in [-0.25, -0.2) is 15.8 Å². The molecule has 0 aromatic carbocycles. The summed E-state index contributed by atoms with van der Waals surface area (Å²) in [6.07, 6.45) is 0.788. The Bertz CT molecular complexity index is 414. The molecule has 1 fully saturated rings. The first-order valence-corrected chi connectivity index (χ1v) is 7.09. The van der Waals surface area contributed by atoms with Gasteiger partial charge in [-0.3, -0.25) is 4.90 Å². The fourth-order valence-electron chi connectivity index (χ4n) is 2.36. The summed E-state index contributed by atoms with van der Waals surface area (Å²) in [5.41, 5.74) is 2.59. The second-order valence-corrected chi connectivity index (χ2v) is 5.33. The van der Waals surface area contributed by atoms with E-state index >= 15 is 0 Å². The van der Waals surface area contributed by atoms with Crippen LogP contribution < -0.4 is 16.6 Å². The van der Waals surface area contributed by atoms with Crippen LogP contribution in [0.3, 0.4) is 0 Å². The van der Waals surface area contributed by atoms with E-state index in [9.17, 15) is 0 Å². The lowest BCUT2D eigenvalue weighted by Gasteiger charge is -2.37. The maximum Gasteiger partial charge on any atom is 0.145 e. The number of hydrazine groups is 1. The maximum absolute atomic E-state index is 5.44. The van der Waals surface area contributed by atoms with Crippen molar-refractivity contribution in [2.24, 2.45) is 5.84 Å². The first kappa shape index (κ1) is 15.0. The van der Waals surface area contributed by atoms with Gasteiger partial charge in [0.15, 0.2) is 0 Å². The largest absolute Gasteiger partial charge is 0.368 e. The van der Waals surface area contributed by atoms with Crippen LogP contribution in [0.4, 0.5) is 11.6 Å². The summed E-state index contributed by atoms with van der Waals surface area (Å²) in [6, 6.07) is 2.33. The fraction of sp³-hybridized carbons (Fsp3) is 0.692. The van der Waals surface area contributed by atoms with E-state index in [4.69, 9.17) is 5.84 Å². The average Bonchev–Trinajstić information content (AvgIpc) is 2.47. The molecule has 0 amide bonds. The molecule has 2 heterocycles. The van der Waals surface area contributed by atoms with Crippen molar-refractivity contribution < 1.29 is 0 Å². The number of likely N-dealkylation sites (N-methyl/N-ethyl adjacent to an activating group) is 2. The zero-order chi connectivity index (χ0) is 14.5. The lowest BCUT2D eigenvalue weighted by atomic mass is 10.2. The number of nitrogens with one attached hydrogen (secondary N) is 2. The molecule has 7 nitrogen and oxygen atoms in total. The van der Waals surface area contributed by atoms with Crippen LogP contribution >= 0.6 is 0 Å². The molecule has 4 N–H and O–H groups in total. The molecule has 1 aromatic rings. The van der Waals surface area contributed by atoms with E-state index in [1.165, 1.54) is 0 Å². The Balaban J connectivity index is 1.99. The van der Waals surface area contributed by atoms with Gasteiger partial charge in [0.05, 0.1) is 0 Å². The number of nitrogen functional groups attached to an aromatic ring is 1. The first-order chi connectivity index (χ1) is 9.62. The predicted octanol–water partition coefficient (Wildman–Crippen LogP) is -0.0177. The summed E-state index contributed by atoms with van der Waals surface area (Å²) in [4.78, 5) is 13.5. The number of anilines is 2. The van der Waals surface area contributed by atoms with Crippen LogP contribution in [0.2, 0.25) is 0 Å². The van der Waals surface area contributed by atoms with Gasteiger partial charge in [-0.05, 0) is 14.1 Å². The van der Waals surface area contributed by atoms with Crippen molar-refractivity contribution in [2.45, 2.75) is 19.4 Å². The van der Waals surface area contributed by atoms with Crippen molar-refractivity contribution >= 4 is 11.6 Å². The molecule has 0 saturated carbocycles. The lowest BCUT2D eigenvalue weighted by Crippen LogP contribution is -2.52. The molecule has 1 aliphatic rings. The number of hydrogen-bond acceptors (Lipinski definition) is 7. The Labute approximate surface area is 120 Å². The summed E-state index contributed by atoms with van der Waals surface area (Å²) in [6.45, 7) is 6.19. The average molecular weight is 279 g/mol.